The fourth-order valence-electron chi connectivity index (χ4n) is 2.55. The average molecular weight is 390 g/mol. The van der Waals surface area contributed by atoms with E-state index in [9.17, 15) is 9.59 Å². The van der Waals surface area contributed by atoms with Crippen molar-refractivity contribution >= 4 is 17.5 Å². The minimum atomic E-state index is -0.270. The standard InChI is InChI=1S/C23H22N2O4/c1-24-22(26)15-17-7-9-18(10-8-17)25-23(27)16-28-19-11-13-21(14-12-19)29-20-5-3-2-4-6-20/h2-14H,15-16H2,1H3,(H,24,26)(H,25,27). The molecule has 0 aliphatic heterocycles. The highest BCUT2D eigenvalue weighted by Crippen LogP contribution is 2.23. The first-order valence-electron chi connectivity index (χ1n) is 9.17. The zero-order chi connectivity index (χ0) is 20.5. The summed E-state index contributed by atoms with van der Waals surface area (Å²) in [6.07, 6.45) is 0.303. The number of benzene rings is 3. The number of carbonyl (C=O) groups excluding carboxylic acids is 2. The maximum absolute atomic E-state index is 12.1. The summed E-state index contributed by atoms with van der Waals surface area (Å²) in [5, 5.41) is 5.34. The number of rotatable bonds is 8. The van der Waals surface area contributed by atoms with E-state index in [2.05, 4.69) is 10.6 Å². The molecule has 29 heavy (non-hydrogen) atoms. The van der Waals surface area contributed by atoms with Gasteiger partial charge in [0.15, 0.2) is 6.61 Å². The molecule has 3 aromatic carbocycles. The molecular formula is C23H22N2O4. The van der Waals surface area contributed by atoms with Crippen molar-refractivity contribution in [3.63, 3.8) is 0 Å². The Bertz CT molecular complexity index is 939. The molecule has 0 heterocycles. The van der Waals surface area contributed by atoms with Crippen LogP contribution in [-0.2, 0) is 16.0 Å². The van der Waals surface area contributed by atoms with Crippen LogP contribution in [0.25, 0.3) is 0 Å². The fraction of sp³-hybridized carbons (Fsp3) is 0.130. The number of amides is 2. The number of nitrogens with one attached hydrogen (secondary N) is 2. The van der Waals surface area contributed by atoms with Crippen LogP contribution >= 0.6 is 0 Å². The summed E-state index contributed by atoms with van der Waals surface area (Å²) in [5.74, 6) is 1.68. The van der Waals surface area contributed by atoms with Crippen LogP contribution in [0.5, 0.6) is 17.2 Å². The van der Waals surface area contributed by atoms with Crippen molar-refractivity contribution in [2.45, 2.75) is 6.42 Å². The molecule has 0 radical (unpaired) electrons. The van der Waals surface area contributed by atoms with E-state index in [1.165, 1.54) is 0 Å². The molecule has 0 aliphatic rings. The summed E-state index contributed by atoms with van der Waals surface area (Å²) in [6, 6.07) is 23.7. The first-order valence-corrected chi connectivity index (χ1v) is 9.17. The van der Waals surface area contributed by atoms with Crippen molar-refractivity contribution in [3.05, 3.63) is 84.4 Å². The smallest absolute Gasteiger partial charge is 0.262 e. The Morgan fingerprint density at radius 1 is 0.759 bits per heavy atom. The number of anilines is 1. The molecule has 3 rings (SSSR count). The first kappa shape index (κ1) is 19.9. The van der Waals surface area contributed by atoms with Crippen LogP contribution in [0, 0.1) is 0 Å². The molecule has 2 amide bonds. The van der Waals surface area contributed by atoms with Crippen LogP contribution in [0.15, 0.2) is 78.9 Å². The topological polar surface area (TPSA) is 76.7 Å². The van der Waals surface area contributed by atoms with Crippen LogP contribution < -0.4 is 20.1 Å². The predicted molar refractivity (Wildman–Crippen MR) is 111 cm³/mol. The number of hydrogen-bond donors (Lipinski definition) is 2. The van der Waals surface area contributed by atoms with E-state index >= 15 is 0 Å². The Morgan fingerprint density at radius 3 is 2.03 bits per heavy atom. The summed E-state index contributed by atoms with van der Waals surface area (Å²) < 4.78 is 11.2. The van der Waals surface area contributed by atoms with E-state index < -0.39 is 0 Å². The molecule has 3 aromatic rings. The van der Waals surface area contributed by atoms with Crippen molar-refractivity contribution in [1.82, 2.24) is 5.32 Å². The van der Waals surface area contributed by atoms with Gasteiger partial charge in [-0.15, -0.1) is 0 Å². The second kappa shape index (κ2) is 9.94. The summed E-state index contributed by atoms with van der Waals surface area (Å²) in [5.41, 5.74) is 1.52. The zero-order valence-electron chi connectivity index (χ0n) is 16.1. The maximum Gasteiger partial charge on any atom is 0.262 e. The van der Waals surface area contributed by atoms with Crippen molar-refractivity contribution in [2.24, 2.45) is 0 Å². The van der Waals surface area contributed by atoms with E-state index in [0.717, 1.165) is 11.3 Å². The monoisotopic (exact) mass is 390 g/mol. The van der Waals surface area contributed by atoms with Crippen molar-refractivity contribution in [1.29, 1.82) is 0 Å². The van der Waals surface area contributed by atoms with Gasteiger partial charge in [-0.25, -0.2) is 0 Å². The van der Waals surface area contributed by atoms with Crippen molar-refractivity contribution in [2.75, 3.05) is 19.0 Å². The Hall–Kier alpha value is -3.80. The molecule has 0 atom stereocenters. The van der Waals surface area contributed by atoms with E-state index in [-0.39, 0.29) is 18.4 Å². The van der Waals surface area contributed by atoms with Gasteiger partial charge in [0, 0.05) is 12.7 Å². The highest BCUT2D eigenvalue weighted by Gasteiger charge is 2.06. The molecular weight excluding hydrogens is 368 g/mol. The van der Waals surface area contributed by atoms with Gasteiger partial charge in [0.05, 0.1) is 6.42 Å². The lowest BCUT2D eigenvalue weighted by Gasteiger charge is -2.09. The number of carbonyl (C=O) groups is 2. The van der Waals surface area contributed by atoms with Crippen LogP contribution in [0.2, 0.25) is 0 Å². The highest BCUT2D eigenvalue weighted by atomic mass is 16.5. The van der Waals surface area contributed by atoms with E-state index in [4.69, 9.17) is 9.47 Å². The van der Waals surface area contributed by atoms with Gasteiger partial charge in [0.1, 0.15) is 17.2 Å². The van der Waals surface area contributed by atoms with Gasteiger partial charge < -0.3 is 20.1 Å². The van der Waals surface area contributed by atoms with Gasteiger partial charge in [0.25, 0.3) is 5.91 Å². The van der Waals surface area contributed by atoms with Gasteiger partial charge in [-0.1, -0.05) is 30.3 Å². The lowest BCUT2D eigenvalue weighted by Crippen LogP contribution is -2.21. The minimum absolute atomic E-state index is 0.0598. The van der Waals surface area contributed by atoms with E-state index in [1.807, 2.05) is 30.3 Å². The number of para-hydroxylation sites is 1. The third-order valence-corrected chi connectivity index (χ3v) is 4.05. The van der Waals surface area contributed by atoms with Gasteiger partial charge in [0.2, 0.25) is 5.91 Å². The third-order valence-electron chi connectivity index (χ3n) is 4.05. The highest BCUT2D eigenvalue weighted by molar-refractivity contribution is 5.92. The Morgan fingerprint density at radius 2 is 1.38 bits per heavy atom. The van der Waals surface area contributed by atoms with Crippen molar-refractivity contribution in [3.8, 4) is 17.2 Å². The van der Waals surface area contributed by atoms with Crippen molar-refractivity contribution < 1.29 is 19.1 Å². The quantitative estimate of drug-likeness (QED) is 0.614. The largest absolute Gasteiger partial charge is 0.484 e. The number of hydrogen-bond acceptors (Lipinski definition) is 4. The van der Waals surface area contributed by atoms with Gasteiger partial charge in [-0.3, -0.25) is 9.59 Å². The van der Waals surface area contributed by atoms with Crippen LogP contribution in [0.1, 0.15) is 5.56 Å². The lowest BCUT2D eigenvalue weighted by molar-refractivity contribution is -0.120. The molecule has 0 aromatic heterocycles. The molecule has 6 nitrogen and oxygen atoms in total. The average Bonchev–Trinajstić information content (AvgIpc) is 2.75. The summed E-state index contributed by atoms with van der Waals surface area (Å²) in [4.78, 5) is 23.4. The fourth-order valence-corrected chi connectivity index (χ4v) is 2.55. The van der Waals surface area contributed by atoms with Gasteiger partial charge >= 0.3 is 0 Å². The lowest BCUT2D eigenvalue weighted by atomic mass is 10.1. The van der Waals surface area contributed by atoms with Crippen LogP contribution in [-0.4, -0.2) is 25.5 Å². The third kappa shape index (κ3) is 6.39. The molecule has 2 N–H and O–H groups in total. The van der Waals surface area contributed by atoms with Gasteiger partial charge in [-0.2, -0.15) is 0 Å². The molecule has 0 spiro atoms. The van der Waals surface area contributed by atoms with Gasteiger partial charge in [-0.05, 0) is 54.1 Å². The number of ether oxygens (including phenoxy) is 2. The molecule has 148 valence electrons. The molecule has 6 heteroatoms. The van der Waals surface area contributed by atoms with E-state index in [1.54, 1.807) is 55.6 Å². The Balaban J connectivity index is 1.46. The van der Waals surface area contributed by atoms with Crippen LogP contribution in [0.4, 0.5) is 5.69 Å². The minimum Gasteiger partial charge on any atom is -0.484 e. The second-order valence-corrected chi connectivity index (χ2v) is 6.27. The van der Waals surface area contributed by atoms with E-state index in [0.29, 0.717) is 23.6 Å². The maximum atomic E-state index is 12.1. The Kier molecular flexibility index (Phi) is 6.84. The predicted octanol–water partition coefficient (Wildman–Crippen LogP) is 3.78. The number of likely N-dealkylation sites (N-methyl/N-ethyl adjacent to an activating group) is 1. The summed E-state index contributed by atoms with van der Waals surface area (Å²) >= 11 is 0. The molecule has 0 unspecified atom stereocenters. The first-order chi connectivity index (χ1) is 14.1. The zero-order valence-corrected chi connectivity index (χ0v) is 16.1. The molecule has 0 aliphatic carbocycles. The molecule has 0 bridgehead atoms. The summed E-state index contributed by atoms with van der Waals surface area (Å²) in [7, 11) is 1.60. The van der Waals surface area contributed by atoms with Crippen LogP contribution in [0.3, 0.4) is 0 Å². The summed E-state index contributed by atoms with van der Waals surface area (Å²) in [6.45, 7) is -0.112. The SMILES string of the molecule is CNC(=O)Cc1ccc(NC(=O)COc2ccc(Oc3ccccc3)cc2)cc1. The second-order valence-electron chi connectivity index (χ2n) is 6.27. The Labute approximate surface area is 169 Å². The molecule has 0 fully saturated rings. The normalized spacial score (nSPS) is 10.1. The molecule has 0 saturated carbocycles. The molecule has 0 saturated heterocycles.